The summed E-state index contributed by atoms with van der Waals surface area (Å²) in [5.74, 6) is -0.464. The number of non-ortho nitro benzene ring substituents is 1. The second kappa shape index (κ2) is 8.95. The first kappa shape index (κ1) is 21.3. The highest BCUT2D eigenvalue weighted by Crippen LogP contribution is 2.33. The van der Waals surface area contributed by atoms with Gasteiger partial charge in [0.2, 0.25) is 0 Å². The van der Waals surface area contributed by atoms with Gasteiger partial charge in [-0.15, -0.1) is 0 Å². The summed E-state index contributed by atoms with van der Waals surface area (Å²) in [6.07, 6.45) is 1.75. The van der Waals surface area contributed by atoms with E-state index in [2.05, 4.69) is 0 Å². The SMILES string of the molecule is CC[C@@H](C)OC(=O)CN1C(=O)S/C(=C/c2ccc(-c3ccc([N+](=O)[O-])cc3)o2)C1=O. The van der Waals surface area contributed by atoms with Crippen molar-refractivity contribution in [3.8, 4) is 11.3 Å². The number of thioether (sulfide) groups is 1. The quantitative estimate of drug-likeness (QED) is 0.277. The fourth-order valence-corrected chi connectivity index (χ4v) is 3.39. The Balaban J connectivity index is 1.71. The number of carbonyl (C=O) groups is 3. The second-order valence-corrected chi connectivity index (χ2v) is 7.48. The van der Waals surface area contributed by atoms with Crippen molar-refractivity contribution in [1.82, 2.24) is 4.90 Å². The van der Waals surface area contributed by atoms with Crippen LogP contribution in [0.15, 0.2) is 45.7 Å². The van der Waals surface area contributed by atoms with Crippen LogP contribution in [0.25, 0.3) is 17.4 Å². The molecule has 1 aromatic carbocycles. The molecule has 2 heterocycles. The van der Waals surface area contributed by atoms with Crippen LogP contribution < -0.4 is 0 Å². The maximum atomic E-state index is 12.5. The van der Waals surface area contributed by atoms with Crippen LogP contribution in [0.4, 0.5) is 10.5 Å². The average molecular weight is 430 g/mol. The Labute approximate surface area is 175 Å². The molecule has 0 unspecified atom stereocenters. The van der Waals surface area contributed by atoms with Crippen molar-refractivity contribution in [1.29, 1.82) is 0 Å². The summed E-state index contributed by atoms with van der Waals surface area (Å²) in [4.78, 5) is 47.7. The Hall–Kier alpha value is -3.40. The zero-order valence-corrected chi connectivity index (χ0v) is 17.0. The number of ether oxygens (including phenoxy) is 1. The highest BCUT2D eigenvalue weighted by Gasteiger charge is 2.37. The molecule has 10 heteroatoms. The van der Waals surface area contributed by atoms with Gasteiger partial charge in [0, 0.05) is 23.8 Å². The van der Waals surface area contributed by atoms with E-state index < -0.39 is 28.6 Å². The lowest BCUT2D eigenvalue weighted by Gasteiger charge is -2.14. The Morgan fingerprint density at radius 2 is 1.97 bits per heavy atom. The van der Waals surface area contributed by atoms with Crippen LogP contribution in [-0.4, -0.2) is 39.6 Å². The van der Waals surface area contributed by atoms with Gasteiger partial charge in [-0.05, 0) is 49.4 Å². The minimum absolute atomic E-state index is 0.0361. The third-order valence-electron chi connectivity index (χ3n) is 4.33. The monoisotopic (exact) mass is 430 g/mol. The van der Waals surface area contributed by atoms with E-state index in [1.165, 1.54) is 18.2 Å². The summed E-state index contributed by atoms with van der Waals surface area (Å²) in [5, 5.41) is 10.2. The predicted octanol–water partition coefficient (Wildman–Crippen LogP) is 4.23. The first-order valence-electron chi connectivity index (χ1n) is 9.08. The topological polar surface area (TPSA) is 120 Å². The summed E-state index contributed by atoms with van der Waals surface area (Å²) in [6.45, 7) is 3.14. The summed E-state index contributed by atoms with van der Waals surface area (Å²) in [5.41, 5.74) is 0.590. The molecule has 156 valence electrons. The van der Waals surface area contributed by atoms with Gasteiger partial charge >= 0.3 is 5.97 Å². The number of carbonyl (C=O) groups excluding carboxylic acids is 3. The van der Waals surface area contributed by atoms with Gasteiger partial charge in [-0.3, -0.25) is 29.4 Å². The lowest BCUT2D eigenvalue weighted by atomic mass is 10.1. The number of nitrogens with zero attached hydrogens (tertiary/aromatic N) is 2. The van der Waals surface area contributed by atoms with Gasteiger partial charge in [-0.1, -0.05) is 6.92 Å². The minimum Gasteiger partial charge on any atom is -0.461 e. The summed E-state index contributed by atoms with van der Waals surface area (Å²) in [7, 11) is 0. The molecule has 1 aliphatic rings. The van der Waals surface area contributed by atoms with E-state index in [9.17, 15) is 24.5 Å². The van der Waals surface area contributed by atoms with E-state index in [1.807, 2.05) is 6.92 Å². The summed E-state index contributed by atoms with van der Waals surface area (Å²) >= 11 is 0.709. The fraction of sp³-hybridized carbons (Fsp3) is 0.250. The largest absolute Gasteiger partial charge is 0.461 e. The lowest BCUT2D eigenvalue weighted by Crippen LogP contribution is -2.35. The highest BCUT2D eigenvalue weighted by molar-refractivity contribution is 8.18. The minimum atomic E-state index is -0.647. The number of nitro groups is 1. The number of amides is 2. The van der Waals surface area contributed by atoms with Crippen molar-refractivity contribution in [2.24, 2.45) is 0 Å². The molecule has 1 atom stereocenters. The van der Waals surface area contributed by atoms with Crippen LogP contribution in [0.2, 0.25) is 0 Å². The molecule has 30 heavy (non-hydrogen) atoms. The highest BCUT2D eigenvalue weighted by atomic mass is 32.2. The van der Waals surface area contributed by atoms with E-state index in [4.69, 9.17) is 9.15 Å². The summed E-state index contributed by atoms with van der Waals surface area (Å²) < 4.78 is 10.8. The lowest BCUT2D eigenvalue weighted by molar-refractivity contribution is -0.384. The van der Waals surface area contributed by atoms with Gasteiger partial charge < -0.3 is 9.15 Å². The van der Waals surface area contributed by atoms with E-state index in [0.29, 0.717) is 35.3 Å². The van der Waals surface area contributed by atoms with Crippen LogP contribution in [0.3, 0.4) is 0 Å². The predicted molar refractivity (Wildman–Crippen MR) is 109 cm³/mol. The molecular formula is C20H18N2O7S. The number of furan rings is 1. The summed E-state index contributed by atoms with van der Waals surface area (Å²) in [6, 6.07) is 9.10. The van der Waals surface area contributed by atoms with Crippen LogP contribution in [0, 0.1) is 10.1 Å². The number of rotatable bonds is 7. The third kappa shape index (κ3) is 4.77. The molecule has 1 fully saturated rings. The molecule has 2 amide bonds. The van der Waals surface area contributed by atoms with E-state index >= 15 is 0 Å². The Morgan fingerprint density at radius 1 is 1.27 bits per heavy atom. The van der Waals surface area contributed by atoms with Crippen LogP contribution in [0.1, 0.15) is 26.0 Å². The fourth-order valence-electron chi connectivity index (χ4n) is 2.57. The van der Waals surface area contributed by atoms with Crippen LogP contribution >= 0.6 is 11.8 Å². The normalized spacial score (nSPS) is 16.2. The molecule has 3 rings (SSSR count). The molecule has 0 aliphatic carbocycles. The Morgan fingerprint density at radius 3 is 2.60 bits per heavy atom. The van der Waals surface area contributed by atoms with Crippen LogP contribution in [0.5, 0.6) is 0 Å². The zero-order valence-electron chi connectivity index (χ0n) is 16.2. The molecule has 1 aromatic heterocycles. The molecule has 0 radical (unpaired) electrons. The number of nitro benzene ring substituents is 1. The molecule has 1 aliphatic heterocycles. The van der Waals surface area contributed by atoms with Gasteiger partial charge in [-0.2, -0.15) is 0 Å². The van der Waals surface area contributed by atoms with Crippen molar-refractivity contribution in [2.45, 2.75) is 26.4 Å². The molecule has 0 bridgehead atoms. The molecule has 0 saturated carbocycles. The standard InChI is InChI=1S/C20H18N2O7S/c1-3-12(2)28-18(23)11-21-19(24)17(30-20(21)25)10-15-8-9-16(29-15)13-4-6-14(7-5-13)22(26)27/h4-10,12H,3,11H2,1-2H3/b17-10+/t12-/m1/s1. The number of benzene rings is 1. The maximum absolute atomic E-state index is 12.5. The van der Waals surface area contributed by atoms with Crippen molar-refractivity contribution in [3.63, 3.8) is 0 Å². The number of imide groups is 1. The maximum Gasteiger partial charge on any atom is 0.326 e. The van der Waals surface area contributed by atoms with E-state index in [0.717, 1.165) is 4.90 Å². The van der Waals surface area contributed by atoms with Crippen molar-refractivity contribution < 1.29 is 28.5 Å². The molecule has 9 nitrogen and oxygen atoms in total. The molecule has 2 aromatic rings. The zero-order chi connectivity index (χ0) is 21.8. The van der Waals surface area contributed by atoms with E-state index in [-0.39, 0.29) is 16.7 Å². The molecular weight excluding hydrogens is 412 g/mol. The van der Waals surface area contributed by atoms with Gasteiger partial charge in [0.1, 0.15) is 18.1 Å². The first-order valence-corrected chi connectivity index (χ1v) is 9.89. The third-order valence-corrected chi connectivity index (χ3v) is 5.24. The van der Waals surface area contributed by atoms with Crippen molar-refractivity contribution in [3.05, 3.63) is 57.2 Å². The second-order valence-electron chi connectivity index (χ2n) is 6.48. The van der Waals surface area contributed by atoms with Crippen molar-refractivity contribution in [2.75, 3.05) is 6.54 Å². The number of esters is 1. The van der Waals surface area contributed by atoms with Gasteiger partial charge in [0.25, 0.3) is 16.8 Å². The van der Waals surface area contributed by atoms with Crippen LogP contribution in [-0.2, 0) is 14.3 Å². The molecule has 0 N–H and O–H groups in total. The van der Waals surface area contributed by atoms with Gasteiger partial charge in [0.15, 0.2) is 0 Å². The van der Waals surface area contributed by atoms with Gasteiger partial charge in [-0.25, -0.2) is 0 Å². The first-order chi connectivity index (χ1) is 14.3. The number of hydrogen-bond acceptors (Lipinski definition) is 8. The number of hydrogen-bond donors (Lipinski definition) is 0. The Bertz CT molecular complexity index is 1030. The van der Waals surface area contributed by atoms with Crippen molar-refractivity contribution >= 4 is 40.6 Å². The van der Waals surface area contributed by atoms with E-state index in [1.54, 1.807) is 31.2 Å². The Kier molecular flexibility index (Phi) is 6.36. The van der Waals surface area contributed by atoms with Gasteiger partial charge in [0.05, 0.1) is 15.9 Å². The molecule has 1 saturated heterocycles. The molecule has 0 spiro atoms. The average Bonchev–Trinajstić information content (AvgIpc) is 3.28. The smallest absolute Gasteiger partial charge is 0.326 e.